The van der Waals surface area contributed by atoms with Crippen LogP contribution in [0.15, 0.2) is 12.7 Å². The maximum absolute atomic E-state index is 5.87. The molecule has 1 aliphatic heterocycles. The summed E-state index contributed by atoms with van der Waals surface area (Å²) in [6.45, 7) is 4.88. The number of anilines is 1. The Morgan fingerprint density at radius 3 is 3.26 bits per heavy atom. The van der Waals surface area contributed by atoms with Crippen LogP contribution in [0.3, 0.4) is 0 Å². The Balaban J connectivity index is 1.79. The number of hydrogen-bond acceptors (Lipinski definition) is 5. The van der Waals surface area contributed by atoms with E-state index in [9.17, 15) is 0 Å². The fraction of sp³-hybridized carbons (Fsp3) is 0.615. The van der Waals surface area contributed by atoms with Crippen molar-refractivity contribution in [1.29, 1.82) is 0 Å². The zero-order chi connectivity index (χ0) is 13.1. The van der Waals surface area contributed by atoms with Crippen LogP contribution in [0.25, 0.3) is 11.2 Å². The molecule has 0 radical (unpaired) electrons. The van der Waals surface area contributed by atoms with Gasteiger partial charge in [-0.25, -0.2) is 15.0 Å². The zero-order valence-corrected chi connectivity index (χ0v) is 11.2. The van der Waals surface area contributed by atoms with Crippen molar-refractivity contribution in [3.05, 3.63) is 12.7 Å². The van der Waals surface area contributed by atoms with Crippen molar-refractivity contribution >= 4 is 17.0 Å². The Morgan fingerprint density at radius 2 is 2.37 bits per heavy atom. The molecule has 6 nitrogen and oxygen atoms in total. The standard InChI is InChI=1S/C13H19N5O/c1-2-6-19-10-4-3-5-18(7-10)13-11-12(15-8-14-11)16-9-17-13/h8-10H,2-7H2,1H3,(H,14,15,16,17)/t10-/m1/s1. The third kappa shape index (κ3) is 2.53. The Morgan fingerprint density at radius 1 is 1.42 bits per heavy atom. The van der Waals surface area contributed by atoms with E-state index in [1.54, 1.807) is 12.7 Å². The Hall–Kier alpha value is -1.69. The molecule has 0 aliphatic carbocycles. The SMILES string of the molecule is CCCO[C@@H]1CCCN(c2ncnc3nc[nH]c23)C1. The van der Waals surface area contributed by atoms with Crippen molar-refractivity contribution in [2.75, 3.05) is 24.6 Å². The molecule has 2 aromatic rings. The van der Waals surface area contributed by atoms with Crippen molar-refractivity contribution < 1.29 is 4.74 Å². The third-order valence-corrected chi connectivity index (χ3v) is 3.44. The maximum Gasteiger partial charge on any atom is 0.182 e. The van der Waals surface area contributed by atoms with Crippen LogP contribution in [0.1, 0.15) is 26.2 Å². The highest BCUT2D eigenvalue weighted by molar-refractivity contribution is 5.82. The normalized spacial score (nSPS) is 20.1. The van der Waals surface area contributed by atoms with E-state index < -0.39 is 0 Å². The number of fused-ring (bicyclic) bond motifs is 1. The fourth-order valence-electron chi connectivity index (χ4n) is 2.54. The second-order valence-corrected chi connectivity index (χ2v) is 4.88. The van der Waals surface area contributed by atoms with Crippen LogP contribution < -0.4 is 4.90 Å². The van der Waals surface area contributed by atoms with Crippen LogP contribution in [0.5, 0.6) is 0 Å². The first-order chi connectivity index (χ1) is 9.38. The van der Waals surface area contributed by atoms with Gasteiger partial charge >= 0.3 is 0 Å². The number of aromatic nitrogens is 4. The topological polar surface area (TPSA) is 66.9 Å². The molecule has 0 unspecified atom stereocenters. The Kier molecular flexibility index (Phi) is 3.59. The van der Waals surface area contributed by atoms with Crippen LogP contribution >= 0.6 is 0 Å². The summed E-state index contributed by atoms with van der Waals surface area (Å²) >= 11 is 0. The number of nitrogens with zero attached hydrogens (tertiary/aromatic N) is 4. The summed E-state index contributed by atoms with van der Waals surface area (Å²) in [5.41, 5.74) is 1.64. The van der Waals surface area contributed by atoms with Gasteiger partial charge in [-0.2, -0.15) is 0 Å². The molecule has 0 aromatic carbocycles. The second-order valence-electron chi connectivity index (χ2n) is 4.88. The molecule has 0 saturated carbocycles. The summed E-state index contributed by atoms with van der Waals surface area (Å²) in [6, 6.07) is 0. The van der Waals surface area contributed by atoms with E-state index in [-0.39, 0.29) is 0 Å². The average molecular weight is 261 g/mol. The quantitative estimate of drug-likeness (QED) is 0.908. The molecule has 0 bridgehead atoms. The molecule has 2 aromatic heterocycles. The lowest BCUT2D eigenvalue weighted by atomic mass is 10.1. The third-order valence-electron chi connectivity index (χ3n) is 3.44. The summed E-state index contributed by atoms with van der Waals surface area (Å²) in [5.74, 6) is 0.937. The highest BCUT2D eigenvalue weighted by Gasteiger charge is 2.23. The predicted molar refractivity (Wildman–Crippen MR) is 73.2 cm³/mol. The predicted octanol–water partition coefficient (Wildman–Crippen LogP) is 1.75. The zero-order valence-electron chi connectivity index (χ0n) is 11.2. The van der Waals surface area contributed by atoms with Gasteiger partial charge in [0.05, 0.1) is 12.4 Å². The van der Waals surface area contributed by atoms with E-state index in [1.807, 2.05) is 0 Å². The molecule has 1 fully saturated rings. The number of imidazole rings is 1. The molecular weight excluding hydrogens is 242 g/mol. The molecule has 6 heteroatoms. The minimum Gasteiger partial charge on any atom is -0.376 e. The van der Waals surface area contributed by atoms with Crippen LogP contribution in [0, 0.1) is 0 Å². The summed E-state index contributed by atoms with van der Waals surface area (Å²) in [7, 11) is 0. The summed E-state index contributed by atoms with van der Waals surface area (Å²) in [5, 5.41) is 0. The van der Waals surface area contributed by atoms with Crippen molar-refractivity contribution in [2.45, 2.75) is 32.3 Å². The molecule has 1 atom stereocenters. The molecule has 0 amide bonds. The molecule has 1 N–H and O–H groups in total. The second kappa shape index (κ2) is 5.52. The minimum atomic E-state index is 0.307. The van der Waals surface area contributed by atoms with Gasteiger partial charge in [-0.3, -0.25) is 0 Å². The molecule has 3 heterocycles. The molecule has 1 saturated heterocycles. The molecule has 3 rings (SSSR count). The van der Waals surface area contributed by atoms with E-state index in [2.05, 4.69) is 31.8 Å². The highest BCUT2D eigenvalue weighted by atomic mass is 16.5. The molecular formula is C13H19N5O. The lowest BCUT2D eigenvalue weighted by Crippen LogP contribution is -2.40. The van der Waals surface area contributed by atoms with Crippen molar-refractivity contribution in [2.24, 2.45) is 0 Å². The minimum absolute atomic E-state index is 0.307. The van der Waals surface area contributed by atoms with Crippen LogP contribution in [-0.4, -0.2) is 45.7 Å². The van der Waals surface area contributed by atoms with Gasteiger partial charge in [0.25, 0.3) is 0 Å². The summed E-state index contributed by atoms with van der Waals surface area (Å²) in [4.78, 5) is 18.1. The number of aromatic amines is 1. The van der Waals surface area contributed by atoms with Gasteiger partial charge in [-0.05, 0) is 19.3 Å². The fourth-order valence-corrected chi connectivity index (χ4v) is 2.54. The van der Waals surface area contributed by atoms with Gasteiger partial charge < -0.3 is 14.6 Å². The monoisotopic (exact) mass is 261 g/mol. The number of piperidine rings is 1. The van der Waals surface area contributed by atoms with Crippen molar-refractivity contribution in [1.82, 2.24) is 19.9 Å². The van der Waals surface area contributed by atoms with Crippen molar-refractivity contribution in [3.8, 4) is 0 Å². The Bertz CT molecular complexity index is 541. The average Bonchev–Trinajstić information content (AvgIpc) is 2.93. The Labute approximate surface area is 112 Å². The van der Waals surface area contributed by atoms with Crippen molar-refractivity contribution in [3.63, 3.8) is 0 Å². The number of H-pyrrole nitrogens is 1. The van der Waals surface area contributed by atoms with Crippen LogP contribution in [-0.2, 0) is 4.74 Å². The first-order valence-electron chi connectivity index (χ1n) is 6.89. The number of nitrogens with one attached hydrogen (secondary N) is 1. The first kappa shape index (κ1) is 12.3. The highest BCUT2D eigenvalue weighted by Crippen LogP contribution is 2.24. The van der Waals surface area contributed by atoms with E-state index in [0.717, 1.165) is 55.9 Å². The van der Waals surface area contributed by atoms with E-state index in [1.165, 1.54) is 0 Å². The number of ether oxygens (including phenoxy) is 1. The van der Waals surface area contributed by atoms with E-state index in [0.29, 0.717) is 6.10 Å². The van der Waals surface area contributed by atoms with Gasteiger partial charge in [0.2, 0.25) is 0 Å². The summed E-state index contributed by atoms with van der Waals surface area (Å²) in [6.07, 6.45) is 6.88. The van der Waals surface area contributed by atoms with Crippen LogP contribution in [0.4, 0.5) is 5.82 Å². The molecule has 1 aliphatic rings. The number of rotatable bonds is 4. The van der Waals surface area contributed by atoms with Gasteiger partial charge in [-0.1, -0.05) is 6.92 Å². The lowest BCUT2D eigenvalue weighted by Gasteiger charge is -2.33. The molecule has 0 spiro atoms. The first-order valence-corrected chi connectivity index (χ1v) is 6.89. The van der Waals surface area contributed by atoms with Gasteiger partial charge in [0.1, 0.15) is 11.8 Å². The lowest BCUT2D eigenvalue weighted by molar-refractivity contribution is 0.0439. The molecule has 102 valence electrons. The molecule has 19 heavy (non-hydrogen) atoms. The summed E-state index contributed by atoms with van der Waals surface area (Å²) < 4.78 is 5.87. The maximum atomic E-state index is 5.87. The number of hydrogen-bond donors (Lipinski definition) is 1. The van der Waals surface area contributed by atoms with Gasteiger partial charge in [-0.15, -0.1) is 0 Å². The smallest absolute Gasteiger partial charge is 0.182 e. The van der Waals surface area contributed by atoms with Crippen LogP contribution in [0.2, 0.25) is 0 Å². The largest absolute Gasteiger partial charge is 0.376 e. The van der Waals surface area contributed by atoms with E-state index >= 15 is 0 Å². The van der Waals surface area contributed by atoms with Gasteiger partial charge in [0.15, 0.2) is 11.5 Å². The van der Waals surface area contributed by atoms with E-state index in [4.69, 9.17) is 4.74 Å². The van der Waals surface area contributed by atoms with Gasteiger partial charge in [0, 0.05) is 19.7 Å².